The third-order valence-electron chi connectivity index (χ3n) is 31.2. The Hall–Kier alpha value is -2.82. The summed E-state index contributed by atoms with van der Waals surface area (Å²) in [7, 11) is 0. The molecule has 0 spiro atoms. The summed E-state index contributed by atoms with van der Waals surface area (Å²) in [5.74, 6) is 0.773. The number of nitrogens with one attached hydrogen (secondary N) is 4. The number of hydrogen-bond acceptors (Lipinski definition) is 20. The second-order valence-electron chi connectivity index (χ2n) is 45.3. The Labute approximate surface area is 899 Å². The lowest BCUT2D eigenvalue weighted by atomic mass is 9.92. The molecule has 0 aliphatic carbocycles. The Balaban J connectivity index is 1.31. The third kappa shape index (κ3) is 65.0. The highest BCUT2D eigenvalue weighted by atomic mass is 32.1. The van der Waals surface area contributed by atoms with Gasteiger partial charge in [-0.05, 0) is 116 Å². The Bertz CT molecular complexity index is 3230. The number of aliphatic hydroxyl groups excluding tert-OH is 10. The van der Waals surface area contributed by atoms with E-state index in [1.54, 1.807) is 0 Å². The molecule has 0 bridgehead atoms. The van der Waals surface area contributed by atoms with Crippen LogP contribution in [0.25, 0.3) is 0 Å². The SMILES string of the molecule is CCCCCCCCCCCCCCCCCCCCCCCCCCNC(CO[C@H]1O[C@H](COC(=S)Nc2c(C(C)C)cccc2C(C)C)[C@H](O)[C@H](O)[C@H]1O)C(O)C(O)CCCCCCCCCCCCCCC(O[C@H]1O[C@H](COC(=S)Nc2ccc(C(C)C)cc2)[C@H](O)[C@H](O)[C@H]1O)[C@@H](NCCCCCCCCCCCCCCCCCCCCCCCCCC)[C@H](O)[C@H](O)CCCCCCCCCCCCCC. The summed E-state index contributed by atoms with van der Waals surface area (Å²) in [6.07, 6.45) is 71.1. The molecule has 2 heterocycles. The number of para-hydroxylation sites is 1. The zero-order valence-corrected chi connectivity index (χ0v) is 96.0. The van der Waals surface area contributed by atoms with Gasteiger partial charge in [0.05, 0.1) is 49.2 Å². The summed E-state index contributed by atoms with van der Waals surface area (Å²) in [5, 5.41) is 130. The van der Waals surface area contributed by atoms with E-state index in [2.05, 4.69) is 95.7 Å². The van der Waals surface area contributed by atoms with Crippen LogP contribution in [0.5, 0.6) is 0 Å². The van der Waals surface area contributed by atoms with Gasteiger partial charge >= 0.3 is 0 Å². The van der Waals surface area contributed by atoms with Crippen LogP contribution in [0.4, 0.5) is 11.4 Å². The van der Waals surface area contributed by atoms with Crippen LogP contribution in [-0.4, -0.2) is 198 Å². The molecule has 0 amide bonds. The number of hydrogen-bond donors (Lipinski definition) is 14. The van der Waals surface area contributed by atoms with Gasteiger partial charge in [-0.2, -0.15) is 0 Å². The highest BCUT2D eigenvalue weighted by Gasteiger charge is 2.48. The summed E-state index contributed by atoms with van der Waals surface area (Å²) >= 11 is 11.3. The van der Waals surface area contributed by atoms with E-state index in [-0.39, 0.29) is 42.0 Å². The van der Waals surface area contributed by atoms with Crippen molar-refractivity contribution in [2.75, 3.05) is 43.5 Å². The van der Waals surface area contributed by atoms with Gasteiger partial charge in [0.1, 0.15) is 62.0 Å². The quantitative estimate of drug-likeness (QED) is 0.0216. The standard InChI is InChI=1S/C123H228N4O16S2/c1-10-13-16-19-22-25-28-31-33-35-37-39-41-43-45-47-49-51-55-60-65-70-75-80-92-124-104(94-138-120-118(136)116(134)114(132)108(142-120)95-140-123(145)127-110-102(98(6)7)83-82-84-103(110)99(8)9)112(130)105(128)85-77-72-67-62-58-53-54-59-64-69-74-79-87-107(141-121-119(137)117(135)115(133)109(143-121)96-139-122(144)126-101-90-88-100(89-91-101)97(4)5)111(113(131)106(129)86-78-73-68-63-57-30-27-24-21-18-15-12-3)125-93-81-76-71-66-61-56-52-50-48-46-44-42-40-38-36-34-32-29-26-23-20-17-14-11-2/h82-84,88-91,97-99,104-109,111-121,124-125,128-137H,10-81,85-87,92-96H2,1-9H3,(H,126,144)(H,127,145)/t104?,105?,106-,107?,108-,109-,111-,112?,113-,114+,115+,116+,117+,118-,119-,120+,121+/m1/s1. The summed E-state index contributed by atoms with van der Waals surface area (Å²) < 4.78 is 37.6. The molecule has 0 radical (unpaired) electrons. The molecular weight excluding hydrogens is 1850 g/mol. The molecular formula is C123H228N4O16S2. The Morgan fingerprint density at radius 3 is 0.917 bits per heavy atom. The Morgan fingerprint density at radius 2 is 0.593 bits per heavy atom. The number of thiocarbonyl (C=S) groups is 2. The largest absolute Gasteiger partial charge is 0.468 e. The Morgan fingerprint density at radius 1 is 0.310 bits per heavy atom. The maximum Gasteiger partial charge on any atom is 0.261 e. The maximum absolute atomic E-state index is 12.5. The maximum atomic E-state index is 12.5. The molecule has 2 aromatic carbocycles. The fourth-order valence-corrected chi connectivity index (χ4v) is 21.7. The van der Waals surface area contributed by atoms with Crippen molar-refractivity contribution in [1.82, 2.24) is 10.6 Å². The van der Waals surface area contributed by atoms with Crippen molar-refractivity contribution < 1.29 is 79.5 Å². The van der Waals surface area contributed by atoms with Gasteiger partial charge in [-0.25, -0.2) is 0 Å². The fraction of sp³-hybridized carbons (Fsp3) is 0.886. The van der Waals surface area contributed by atoms with Gasteiger partial charge in [0.25, 0.3) is 10.3 Å². The highest BCUT2D eigenvalue weighted by molar-refractivity contribution is 7.80. The lowest BCUT2D eigenvalue weighted by Gasteiger charge is -2.43. The van der Waals surface area contributed by atoms with Crippen LogP contribution in [0.1, 0.15) is 578 Å². The molecule has 14 N–H and O–H groups in total. The van der Waals surface area contributed by atoms with Crippen LogP contribution in [0.15, 0.2) is 42.5 Å². The van der Waals surface area contributed by atoms with E-state index in [9.17, 15) is 51.1 Å². The molecule has 17 atom stereocenters. The van der Waals surface area contributed by atoms with E-state index >= 15 is 0 Å². The number of anilines is 2. The van der Waals surface area contributed by atoms with Crippen LogP contribution >= 0.6 is 24.4 Å². The van der Waals surface area contributed by atoms with Crippen molar-refractivity contribution in [3.05, 3.63) is 59.2 Å². The molecule has 2 aliphatic rings. The molecule has 2 aliphatic heterocycles. The van der Waals surface area contributed by atoms with Gasteiger partial charge in [0.15, 0.2) is 12.6 Å². The second-order valence-corrected chi connectivity index (χ2v) is 46.0. The Kier molecular flexibility index (Phi) is 83.8. The van der Waals surface area contributed by atoms with Gasteiger partial charge < -0.3 is 101 Å². The zero-order chi connectivity index (χ0) is 105. The predicted octanol–water partition coefficient (Wildman–Crippen LogP) is 29.9. The lowest BCUT2D eigenvalue weighted by Crippen LogP contribution is -2.62. The fourth-order valence-electron chi connectivity index (χ4n) is 21.3. The first-order valence-corrected chi connectivity index (χ1v) is 62.3. The molecule has 20 nitrogen and oxygen atoms in total. The summed E-state index contributed by atoms with van der Waals surface area (Å²) in [6.45, 7) is 20.2. The number of rotatable bonds is 99. The van der Waals surface area contributed by atoms with Crippen LogP contribution < -0.4 is 21.3 Å². The predicted molar refractivity (Wildman–Crippen MR) is 615 cm³/mol. The van der Waals surface area contributed by atoms with Crippen LogP contribution in [0.2, 0.25) is 0 Å². The first kappa shape index (κ1) is 134. The van der Waals surface area contributed by atoms with Gasteiger partial charge in [-0.15, -0.1) is 0 Å². The van der Waals surface area contributed by atoms with Crippen LogP contribution in [0.3, 0.4) is 0 Å². The molecule has 4 rings (SSSR count). The van der Waals surface area contributed by atoms with E-state index in [1.165, 1.54) is 333 Å². The summed E-state index contributed by atoms with van der Waals surface area (Å²) in [4.78, 5) is 0. The molecule has 22 heteroatoms. The van der Waals surface area contributed by atoms with E-state index in [0.29, 0.717) is 38.3 Å². The zero-order valence-electron chi connectivity index (χ0n) is 94.4. The monoisotopic (exact) mass is 2080 g/mol. The van der Waals surface area contributed by atoms with Crippen molar-refractivity contribution in [1.29, 1.82) is 0 Å². The van der Waals surface area contributed by atoms with Crippen molar-refractivity contribution in [3.63, 3.8) is 0 Å². The highest BCUT2D eigenvalue weighted by Crippen LogP contribution is 2.35. The summed E-state index contributed by atoms with van der Waals surface area (Å²) in [5.41, 5.74) is 4.96. The van der Waals surface area contributed by atoms with Crippen molar-refractivity contribution in [3.8, 4) is 0 Å². The summed E-state index contributed by atoms with van der Waals surface area (Å²) in [6, 6.07) is 12.6. The first-order chi connectivity index (χ1) is 70.5. The smallest absolute Gasteiger partial charge is 0.261 e. The number of benzene rings is 2. The minimum Gasteiger partial charge on any atom is -0.468 e. The van der Waals surface area contributed by atoms with E-state index in [0.717, 1.165) is 157 Å². The van der Waals surface area contributed by atoms with Gasteiger partial charge in [0, 0.05) is 11.4 Å². The molecule has 2 aromatic rings. The van der Waals surface area contributed by atoms with Crippen molar-refractivity contribution in [2.45, 2.75) is 666 Å². The van der Waals surface area contributed by atoms with Gasteiger partial charge in [-0.1, -0.05) is 542 Å². The minimum absolute atomic E-state index is 0.0579. The number of unbranched alkanes of at least 4 members (excludes halogenated alkanes) is 68. The first-order valence-electron chi connectivity index (χ1n) is 61.5. The van der Waals surface area contributed by atoms with Crippen molar-refractivity contribution >= 4 is 46.2 Å². The van der Waals surface area contributed by atoms with Crippen molar-refractivity contribution in [2.24, 2.45) is 0 Å². The van der Waals surface area contributed by atoms with E-state index in [1.807, 2.05) is 30.3 Å². The van der Waals surface area contributed by atoms with Gasteiger partial charge in [0.2, 0.25) is 0 Å². The molecule has 2 fully saturated rings. The second kappa shape index (κ2) is 90.4. The average Bonchev–Trinajstić information content (AvgIpc) is 0.785. The number of ether oxygens (including phenoxy) is 6. The molecule has 2 saturated heterocycles. The third-order valence-corrected chi connectivity index (χ3v) is 31.6. The molecule has 4 unspecified atom stereocenters. The lowest BCUT2D eigenvalue weighted by molar-refractivity contribution is -0.314. The molecule has 145 heavy (non-hydrogen) atoms. The molecule has 848 valence electrons. The topological polar surface area (TPSA) is 306 Å². The van der Waals surface area contributed by atoms with Crippen LogP contribution in [0, 0.1) is 0 Å². The van der Waals surface area contributed by atoms with Gasteiger partial charge in [-0.3, -0.25) is 0 Å². The molecule has 0 saturated carbocycles. The number of aliphatic hydroxyl groups is 10. The van der Waals surface area contributed by atoms with Crippen LogP contribution in [-0.2, 0) is 28.4 Å². The van der Waals surface area contributed by atoms with E-state index in [4.69, 9.17) is 52.9 Å². The molecule has 0 aromatic heterocycles. The normalized spacial score (nSPS) is 19.8. The van der Waals surface area contributed by atoms with E-state index < -0.39 is 104 Å². The minimum atomic E-state index is -1.63. The average molecular weight is 2080 g/mol.